The van der Waals surface area contributed by atoms with Gasteiger partial charge in [0, 0.05) is 24.5 Å². The molecule has 4 nitrogen and oxygen atoms in total. The number of furan rings is 1. The summed E-state index contributed by atoms with van der Waals surface area (Å²) in [4.78, 5) is 14.0. The highest BCUT2D eigenvalue weighted by Gasteiger charge is 2.30. The van der Waals surface area contributed by atoms with Crippen LogP contribution in [0.15, 0.2) is 47.1 Å². The fourth-order valence-corrected chi connectivity index (χ4v) is 3.80. The zero-order valence-electron chi connectivity index (χ0n) is 13.3. The molecule has 0 bridgehead atoms. The average Bonchev–Trinajstić information content (AvgIpc) is 2.99. The summed E-state index contributed by atoms with van der Waals surface area (Å²) in [6.45, 7) is 1.14. The first-order valence-corrected chi connectivity index (χ1v) is 8.86. The molecule has 1 atom stereocenters. The van der Waals surface area contributed by atoms with Gasteiger partial charge in [-0.3, -0.25) is 0 Å². The summed E-state index contributed by atoms with van der Waals surface area (Å²) in [5.74, 6) is 1.67. The number of benzene rings is 1. The van der Waals surface area contributed by atoms with E-state index in [0.717, 1.165) is 30.1 Å². The zero-order valence-corrected chi connectivity index (χ0v) is 14.1. The Labute approximate surface area is 147 Å². The molecule has 1 aromatic carbocycles. The molecule has 1 aliphatic heterocycles. The Morgan fingerprint density at radius 2 is 1.96 bits per heavy atom. The number of alkyl halides is 3. The van der Waals surface area contributed by atoms with Gasteiger partial charge >= 0.3 is 12.2 Å². The first kappa shape index (κ1) is 17.7. The lowest BCUT2D eigenvalue weighted by atomic mass is 10.2. The number of nitrogens with one attached hydrogen (secondary N) is 1. The van der Waals surface area contributed by atoms with Crippen LogP contribution in [0.2, 0.25) is 0 Å². The minimum Gasteiger partial charge on any atom is -0.468 e. The van der Waals surface area contributed by atoms with E-state index in [1.807, 2.05) is 12.1 Å². The van der Waals surface area contributed by atoms with Crippen molar-refractivity contribution in [3.63, 3.8) is 0 Å². The molecular weight excluding hydrogens is 353 g/mol. The molecule has 2 aromatic rings. The van der Waals surface area contributed by atoms with Crippen molar-refractivity contribution in [2.24, 2.45) is 0 Å². The highest BCUT2D eigenvalue weighted by molar-refractivity contribution is 7.99. The summed E-state index contributed by atoms with van der Waals surface area (Å²) < 4.78 is 43.1. The van der Waals surface area contributed by atoms with Crippen molar-refractivity contribution in [3.8, 4) is 0 Å². The van der Waals surface area contributed by atoms with Gasteiger partial charge in [0.25, 0.3) is 0 Å². The monoisotopic (exact) mass is 370 g/mol. The van der Waals surface area contributed by atoms with E-state index in [2.05, 4.69) is 5.32 Å². The third-order valence-electron chi connectivity index (χ3n) is 3.95. The van der Waals surface area contributed by atoms with E-state index >= 15 is 0 Å². The van der Waals surface area contributed by atoms with Crippen molar-refractivity contribution < 1.29 is 22.4 Å². The maximum Gasteiger partial charge on any atom is 0.416 e. The van der Waals surface area contributed by atoms with Crippen molar-refractivity contribution >= 4 is 23.5 Å². The van der Waals surface area contributed by atoms with Crippen molar-refractivity contribution in [2.45, 2.75) is 17.8 Å². The molecule has 0 saturated carbocycles. The largest absolute Gasteiger partial charge is 0.468 e. The van der Waals surface area contributed by atoms with Crippen molar-refractivity contribution in [2.75, 3.05) is 24.2 Å². The van der Waals surface area contributed by atoms with Crippen LogP contribution in [0.25, 0.3) is 0 Å². The molecule has 0 spiro atoms. The molecular formula is C17H17F3N2O2S. The lowest BCUT2D eigenvalue weighted by Crippen LogP contribution is -2.36. The van der Waals surface area contributed by atoms with Crippen LogP contribution in [0.3, 0.4) is 0 Å². The molecule has 0 aliphatic carbocycles. The summed E-state index contributed by atoms with van der Waals surface area (Å²) >= 11 is 1.73. The van der Waals surface area contributed by atoms with Crippen LogP contribution in [-0.4, -0.2) is 29.8 Å². The van der Waals surface area contributed by atoms with Gasteiger partial charge in [-0.1, -0.05) is 0 Å². The molecule has 1 saturated heterocycles. The first-order chi connectivity index (χ1) is 11.9. The summed E-state index contributed by atoms with van der Waals surface area (Å²) in [6, 6.07) is 7.91. The van der Waals surface area contributed by atoms with Gasteiger partial charge in [-0.05, 0) is 42.8 Å². The van der Waals surface area contributed by atoms with E-state index in [1.165, 1.54) is 12.1 Å². The molecule has 2 heterocycles. The van der Waals surface area contributed by atoms with Crippen LogP contribution >= 0.6 is 11.8 Å². The van der Waals surface area contributed by atoms with Crippen molar-refractivity contribution in [1.29, 1.82) is 0 Å². The van der Waals surface area contributed by atoms with E-state index < -0.39 is 11.7 Å². The number of nitrogens with zero attached hydrogens (tertiary/aromatic N) is 1. The number of urea groups is 1. The Hall–Kier alpha value is -2.09. The minimum atomic E-state index is -4.38. The fraction of sp³-hybridized carbons (Fsp3) is 0.353. The Bertz CT molecular complexity index is 702. The zero-order chi connectivity index (χ0) is 17.9. The number of anilines is 1. The van der Waals surface area contributed by atoms with Crippen LogP contribution in [0, 0.1) is 0 Å². The van der Waals surface area contributed by atoms with E-state index in [0.29, 0.717) is 18.8 Å². The summed E-state index contributed by atoms with van der Waals surface area (Å²) in [5, 5.41) is 2.86. The van der Waals surface area contributed by atoms with Gasteiger partial charge in [0.1, 0.15) is 5.76 Å². The van der Waals surface area contributed by atoms with Gasteiger partial charge < -0.3 is 14.6 Å². The van der Waals surface area contributed by atoms with E-state index in [1.54, 1.807) is 22.9 Å². The second kappa shape index (κ2) is 7.43. The first-order valence-electron chi connectivity index (χ1n) is 7.81. The molecule has 25 heavy (non-hydrogen) atoms. The van der Waals surface area contributed by atoms with E-state index in [-0.39, 0.29) is 11.3 Å². The molecule has 8 heteroatoms. The molecule has 1 unspecified atom stereocenters. The predicted octanol–water partition coefficient (Wildman–Crippen LogP) is 5.01. The van der Waals surface area contributed by atoms with Gasteiger partial charge in [-0.15, -0.1) is 11.8 Å². The maximum absolute atomic E-state index is 12.6. The lowest BCUT2D eigenvalue weighted by molar-refractivity contribution is -0.137. The second-order valence-electron chi connectivity index (χ2n) is 5.66. The van der Waals surface area contributed by atoms with Crippen LogP contribution < -0.4 is 5.32 Å². The molecule has 2 amide bonds. The fourth-order valence-electron chi connectivity index (χ4n) is 2.62. The third kappa shape index (κ3) is 4.50. The summed E-state index contributed by atoms with van der Waals surface area (Å²) in [7, 11) is 0. The number of rotatable bonds is 2. The van der Waals surface area contributed by atoms with Gasteiger partial charge in [0.15, 0.2) is 0 Å². The average molecular weight is 370 g/mol. The molecule has 1 N–H and O–H groups in total. The highest BCUT2D eigenvalue weighted by atomic mass is 32.2. The minimum absolute atomic E-state index is 0.207. The topological polar surface area (TPSA) is 45.5 Å². The Morgan fingerprint density at radius 1 is 1.20 bits per heavy atom. The van der Waals surface area contributed by atoms with Crippen LogP contribution in [0.5, 0.6) is 0 Å². The Morgan fingerprint density at radius 3 is 2.60 bits per heavy atom. The smallest absolute Gasteiger partial charge is 0.416 e. The lowest BCUT2D eigenvalue weighted by Gasteiger charge is -2.21. The quantitative estimate of drug-likeness (QED) is 0.808. The number of hydrogen-bond acceptors (Lipinski definition) is 3. The molecule has 1 aliphatic rings. The molecule has 1 fully saturated rings. The SMILES string of the molecule is O=C(Nc1ccc(C(F)(F)F)cc1)N1CCSC(c2ccco2)CC1. The summed E-state index contributed by atoms with van der Waals surface area (Å²) in [5.41, 5.74) is -0.393. The Balaban J connectivity index is 1.58. The maximum atomic E-state index is 12.6. The van der Waals surface area contributed by atoms with Crippen molar-refractivity contribution in [3.05, 3.63) is 54.0 Å². The normalized spacial score (nSPS) is 18.7. The number of carbonyl (C=O) groups excluding carboxylic acids is 1. The van der Waals surface area contributed by atoms with Gasteiger partial charge in [-0.2, -0.15) is 13.2 Å². The number of hydrogen-bond donors (Lipinski definition) is 1. The molecule has 3 rings (SSSR count). The van der Waals surface area contributed by atoms with Crippen LogP contribution in [0.4, 0.5) is 23.7 Å². The number of halogens is 3. The highest BCUT2D eigenvalue weighted by Crippen LogP contribution is 2.34. The molecule has 1 aromatic heterocycles. The van der Waals surface area contributed by atoms with E-state index in [4.69, 9.17) is 4.42 Å². The van der Waals surface area contributed by atoms with Crippen molar-refractivity contribution in [1.82, 2.24) is 4.90 Å². The molecule has 0 radical (unpaired) electrons. The Kier molecular flexibility index (Phi) is 5.27. The summed E-state index contributed by atoms with van der Waals surface area (Å²) in [6.07, 6.45) is -1.99. The third-order valence-corrected chi connectivity index (χ3v) is 5.24. The van der Waals surface area contributed by atoms with Crippen LogP contribution in [0.1, 0.15) is 23.0 Å². The number of thioether (sulfide) groups is 1. The van der Waals surface area contributed by atoms with E-state index in [9.17, 15) is 18.0 Å². The number of amides is 2. The van der Waals surface area contributed by atoms with Crippen LogP contribution in [-0.2, 0) is 6.18 Å². The predicted molar refractivity (Wildman–Crippen MR) is 90.6 cm³/mol. The second-order valence-corrected chi connectivity index (χ2v) is 6.97. The van der Waals surface area contributed by atoms with Gasteiger partial charge in [0.05, 0.1) is 17.1 Å². The van der Waals surface area contributed by atoms with Gasteiger partial charge in [0.2, 0.25) is 0 Å². The standard InChI is InChI=1S/C17H17F3N2O2S/c18-17(19,20)12-3-5-13(6-4-12)21-16(23)22-8-7-15(25-11-9-22)14-2-1-10-24-14/h1-6,10,15H,7-9,11H2,(H,21,23). The van der Waals surface area contributed by atoms with Gasteiger partial charge in [-0.25, -0.2) is 4.79 Å². The molecule has 134 valence electrons. The number of carbonyl (C=O) groups is 1.